The average Bonchev–Trinajstić information content (AvgIpc) is 3.13. The van der Waals surface area contributed by atoms with Gasteiger partial charge < -0.3 is 20.5 Å². The van der Waals surface area contributed by atoms with Gasteiger partial charge in [-0.1, -0.05) is 23.7 Å². The fraction of sp³-hybridized carbons (Fsp3) is 0.562. The van der Waals surface area contributed by atoms with Gasteiger partial charge in [0, 0.05) is 18.6 Å². The van der Waals surface area contributed by atoms with Crippen LogP contribution in [0.4, 0.5) is 0 Å². The molecule has 0 aliphatic carbocycles. The average molecular weight is 452 g/mol. The Morgan fingerprint density at radius 3 is 2.91 bits per heavy atom. The van der Waals surface area contributed by atoms with Crippen LogP contribution in [0, 0.1) is 0 Å². The fourth-order valence-electron chi connectivity index (χ4n) is 3.19. The minimum absolute atomic E-state index is 0. The van der Waals surface area contributed by atoms with Gasteiger partial charge in [0.2, 0.25) is 0 Å². The summed E-state index contributed by atoms with van der Waals surface area (Å²) in [5.74, 6) is 0.697. The third-order valence-electron chi connectivity index (χ3n) is 4.35. The Morgan fingerprint density at radius 2 is 2.30 bits per heavy atom. The molecule has 2 heterocycles. The lowest BCUT2D eigenvalue weighted by Crippen LogP contribution is -2.48. The number of aliphatic hydroxyl groups excluding tert-OH is 1. The highest BCUT2D eigenvalue weighted by Crippen LogP contribution is 2.34. The highest BCUT2D eigenvalue weighted by molar-refractivity contribution is 14.0. The Bertz CT molecular complexity index is 558. The molecule has 3 rings (SSSR count). The van der Waals surface area contributed by atoms with Crippen LogP contribution < -0.4 is 10.6 Å². The van der Waals surface area contributed by atoms with Gasteiger partial charge in [0.15, 0.2) is 5.96 Å². The number of guanidine groups is 1. The molecule has 0 saturated carbocycles. The Kier molecular flexibility index (Phi) is 6.94. The number of hydrogen-bond acceptors (Lipinski definition) is 3. The van der Waals surface area contributed by atoms with E-state index < -0.39 is 6.10 Å². The maximum atomic E-state index is 10.2. The number of rotatable bonds is 4. The van der Waals surface area contributed by atoms with Crippen molar-refractivity contribution >= 4 is 41.5 Å². The van der Waals surface area contributed by atoms with Crippen molar-refractivity contribution in [2.75, 3.05) is 13.6 Å². The first kappa shape index (κ1) is 18.8. The molecule has 4 atom stereocenters. The molecule has 2 fully saturated rings. The van der Waals surface area contributed by atoms with Crippen LogP contribution in [0.2, 0.25) is 5.02 Å². The molecule has 2 bridgehead atoms. The van der Waals surface area contributed by atoms with Gasteiger partial charge in [-0.25, -0.2) is 0 Å². The van der Waals surface area contributed by atoms with E-state index in [1.807, 2.05) is 12.1 Å². The van der Waals surface area contributed by atoms with E-state index >= 15 is 0 Å². The molecule has 4 unspecified atom stereocenters. The zero-order valence-electron chi connectivity index (χ0n) is 13.0. The van der Waals surface area contributed by atoms with Crippen LogP contribution in [-0.4, -0.2) is 42.9 Å². The maximum Gasteiger partial charge on any atom is 0.191 e. The summed E-state index contributed by atoms with van der Waals surface area (Å²) in [4.78, 5) is 4.22. The Balaban J connectivity index is 0.00000192. The number of fused-ring (bicyclic) bond motifs is 2. The van der Waals surface area contributed by atoms with Crippen molar-refractivity contribution in [2.24, 2.45) is 4.99 Å². The molecule has 0 radical (unpaired) electrons. The maximum absolute atomic E-state index is 10.2. The SMILES string of the molecule is CN=C(NCC(O)c1cccc(Cl)c1)NC1CC2CCC1O2.I. The third-order valence-corrected chi connectivity index (χ3v) is 4.58. The highest BCUT2D eigenvalue weighted by atomic mass is 127. The standard InChI is InChI=1S/C16H22ClN3O2.HI/c1-18-16(20-13-8-12-5-6-15(13)22-12)19-9-14(21)10-3-2-4-11(17)7-10;/h2-4,7,12-15,21H,5-6,8-9H2,1H3,(H2,18,19,20);1H. The molecule has 5 nitrogen and oxygen atoms in total. The van der Waals surface area contributed by atoms with Crippen molar-refractivity contribution in [2.45, 2.75) is 43.6 Å². The lowest BCUT2D eigenvalue weighted by Gasteiger charge is -2.23. The second-order valence-electron chi connectivity index (χ2n) is 5.88. The van der Waals surface area contributed by atoms with Gasteiger partial charge in [0.1, 0.15) is 0 Å². The predicted molar refractivity (Wildman–Crippen MR) is 103 cm³/mol. The zero-order chi connectivity index (χ0) is 15.5. The summed E-state index contributed by atoms with van der Waals surface area (Å²) in [7, 11) is 1.73. The summed E-state index contributed by atoms with van der Waals surface area (Å²) in [6, 6.07) is 7.57. The van der Waals surface area contributed by atoms with Gasteiger partial charge in [0.25, 0.3) is 0 Å². The summed E-state index contributed by atoms with van der Waals surface area (Å²) >= 11 is 5.95. The third kappa shape index (κ3) is 4.71. The van der Waals surface area contributed by atoms with Crippen molar-refractivity contribution < 1.29 is 9.84 Å². The van der Waals surface area contributed by atoms with E-state index in [9.17, 15) is 5.11 Å². The first-order chi connectivity index (χ1) is 10.7. The Labute approximate surface area is 158 Å². The minimum atomic E-state index is -0.631. The Morgan fingerprint density at radius 1 is 1.48 bits per heavy atom. The van der Waals surface area contributed by atoms with Gasteiger partial charge in [-0.3, -0.25) is 4.99 Å². The predicted octanol–water partition coefficient (Wildman–Crippen LogP) is 2.48. The molecular weight excluding hydrogens is 429 g/mol. The first-order valence-corrected chi connectivity index (χ1v) is 8.09. The van der Waals surface area contributed by atoms with E-state index in [2.05, 4.69) is 15.6 Å². The second kappa shape index (κ2) is 8.50. The van der Waals surface area contributed by atoms with Crippen molar-refractivity contribution in [1.29, 1.82) is 0 Å². The highest BCUT2D eigenvalue weighted by Gasteiger charge is 2.41. The fourth-order valence-corrected chi connectivity index (χ4v) is 3.38. The largest absolute Gasteiger partial charge is 0.387 e. The molecule has 7 heteroatoms. The van der Waals surface area contributed by atoms with E-state index in [0.29, 0.717) is 35.8 Å². The smallest absolute Gasteiger partial charge is 0.191 e. The van der Waals surface area contributed by atoms with Crippen molar-refractivity contribution in [3.63, 3.8) is 0 Å². The van der Waals surface area contributed by atoms with Gasteiger partial charge in [-0.15, -0.1) is 24.0 Å². The number of hydrogen-bond donors (Lipinski definition) is 3. The number of benzene rings is 1. The number of halogens is 2. The first-order valence-electron chi connectivity index (χ1n) is 7.72. The lowest BCUT2D eigenvalue weighted by atomic mass is 9.96. The second-order valence-corrected chi connectivity index (χ2v) is 6.32. The van der Waals surface area contributed by atoms with Gasteiger partial charge >= 0.3 is 0 Å². The van der Waals surface area contributed by atoms with Gasteiger partial charge in [-0.05, 0) is 37.0 Å². The molecule has 23 heavy (non-hydrogen) atoms. The number of aliphatic imine (C=N–C) groups is 1. The summed E-state index contributed by atoms with van der Waals surface area (Å²) < 4.78 is 5.83. The van der Waals surface area contributed by atoms with Gasteiger partial charge in [-0.2, -0.15) is 0 Å². The van der Waals surface area contributed by atoms with Crippen LogP contribution in [-0.2, 0) is 4.74 Å². The molecule has 1 aromatic carbocycles. The van der Waals surface area contributed by atoms with E-state index in [-0.39, 0.29) is 24.0 Å². The number of ether oxygens (including phenoxy) is 1. The quantitative estimate of drug-likeness (QED) is 0.374. The molecule has 2 saturated heterocycles. The molecule has 0 amide bonds. The number of aliphatic hydroxyl groups is 1. The lowest BCUT2D eigenvalue weighted by molar-refractivity contribution is 0.0992. The van der Waals surface area contributed by atoms with Gasteiger partial charge in [0.05, 0.1) is 24.4 Å². The molecular formula is C16H23ClIN3O2. The molecule has 3 N–H and O–H groups in total. The van der Waals surface area contributed by atoms with Crippen LogP contribution in [0.3, 0.4) is 0 Å². The van der Waals surface area contributed by atoms with Crippen LogP contribution >= 0.6 is 35.6 Å². The molecule has 0 aromatic heterocycles. The van der Waals surface area contributed by atoms with E-state index in [0.717, 1.165) is 18.4 Å². The summed E-state index contributed by atoms with van der Waals surface area (Å²) in [6.07, 6.45) is 3.38. The molecule has 128 valence electrons. The minimum Gasteiger partial charge on any atom is -0.387 e. The van der Waals surface area contributed by atoms with Crippen LogP contribution in [0.15, 0.2) is 29.3 Å². The van der Waals surface area contributed by atoms with Crippen LogP contribution in [0.1, 0.15) is 30.9 Å². The summed E-state index contributed by atoms with van der Waals surface area (Å²) in [5.41, 5.74) is 0.790. The number of nitrogens with zero attached hydrogens (tertiary/aromatic N) is 1. The normalized spacial score (nSPS) is 27.4. The van der Waals surface area contributed by atoms with Crippen molar-refractivity contribution in [3.8, 4) is 0 Å². The molecule has 2 aliphatic heterocycles. The Hall–Kier alpha value is -0.570. The number of nitrogens with one attached hydrogen (secondary N) is 2. The monoisotopic (exact) mass is 451 g/mol. The van der Waals surface area contributed by atoms with E-state index in [1.54, 1.807) is 19.2 Å². The zero-order valence-corrected chi connectivity index (χ0v) is 16.1. The van der Waals surface area contributed by atoms with Crippen molar-refractivity contribution in [3.05, 3.63) is 34.9 Å². The van der Waals surface area contributed by atoms with Crippen LogP contribution in [0.5, 0.6) is 0 Å². The molecule has 2 aliphatic rings. The summed E-state index contributed by atoms with van der Waals surface area (Å²) in [6.45, 7) is 0.377. The van der Waals surface area contributed by atoms with E-state index in [4.69, 9.17) is 16.3 Å². The topological polar surface area (TPSA) is 65.9 Å². The summed E-state index contributed by atoms with van der Waals surface area (Å²) in [5, 5.41) is 17.4. The molecule has 0 spiro atoms. The van der Waals surface area contributed by atoms with Crippen LogP contribution in [0.25, 0.3) is 0 Å². The van der Waals surface area contributed by atoms with Crippen molar-refractivity contribution in [1.82, 2.24) is 10.6 Å². The van der Waals surface area contributed by atoms with E-state index in [1.165, 1.54) is 6.42 Å². The molecule has 1 aromatic rings.